The second-order valence-corrected chi connectivity index (χ2v) is 8.52. The third-order valence-electron chi connectivity index (χ3n) is 6.83. The SMILES string of the molecule is CC[C@H](C)[C@@H](NC(=O)COC(=O)C1C2CC3CC(C2)CC1C3)C(=O)OC. The van der Waals surface area contributed by atoms with E-state index in [1.807, 2.05) is 13.8 Å². The fourth-order valence-electron chi connectivity index (χ4n) is 5.55. The van der Waals surface area contributed by atoms with Crippen molar-refractivity contribution in [2.24, 2.45) is 35.5 Å². The molecule has 2 atom stereocenters. The van der Waals surface area contributed by atoms with Crippen molar-refractivity contribution in [2.75, 3.05) is 13.7 Å². The molecular formula is C20H31NO5. The van der Waals surface area contributed by atoms with Gasteiger partial charge in [-0.15, -0.1) is 0 Å². The zero-order valence-corrected chi connectivity index (χ0v) is 16.0. The third kappa shape index (κ3) is 3.89. The number of carbonyl (C=O) groups is 3. The van der Waals surface area contributed by atoms with E-state index in [4.69, 9.17) is 9.47 Å². The van der Waals surface area contributed by atoms with E-state index in [-0.39, 0.29) is 24.4 Å². The molecule has 0 aliphatic heterocycles. The Morgan fingerprint density at radius 3 is 2.12 bits per heavy atom. The van der Waals surface area contributed by atoms with Crippen LogP contribution in [0.5, 0.6) is 0 Å². The molecule has 6 nitrogen and oxygen atoms in total. The Balaban J connectivity index is 1.51. The molecule has 0 unspecified atom stereocenters. The van der Waals surface area contributed by atoms with Crippen molar-refractivity contribution in [3.05, 3.63) is 0 Å². The van der Waals surface area contributed by atoms with E-state index in [1.54, 1.807) is 0 Å². The molecule has 0 spiro atoms. The molecule has 4 fully saturated rings. The molecule has 4 saturated carbocycles. The minimum atomic E-state index is -0.711. The van der Waals surface area contributed by atoms with Crippen LogP contribution in [0, 0.1) is 35.5 Å². The summed E-state index contributed by atoms with van der Waals surface area (Å²) in [4.78, 5) is 36.7. The van der Waals surface area contributed by atoms with Gasteiger partial charge in [-0.2, -0.15) is 0 Å². The summed E-state index contributed by atoms with van der Waals surface area (Å²) in [7, 11) is 1.30. The van der Waals surface area contributed by atoms with Gasteiger partial charge in [-0.3, -0.25) is 9.59 Å². The normalized spacial score (nSPS) is 34.0. The largest absolute Gasteiger partial charge is 0.467 e. The number of amides is 1. The van der Waals surface area contributed by atoms with Gasteiger partial charge in [0, 0.05) is 0 Å². The molecule has 4 aliphatic carbocycles. The van der Waals surface area contributed by atoms with Gasteiger partial charge in [0.05, 0.1) is 13.0 Å². The molecule has 1 N–H and O–H groups in total. The monoisotopic (exact) mass is 365 g/mol. The minimum absolute atomic E-state index is 0.0402. The lowest BCUT2D eigenvalue weighted by Crippen LogP contribution is -2.50. The molecule has 4 aliphatic rings. The van der Waals surface area contributed by atoms with E-state index in [0.29, 0.717) is 11.8 Å². The molecule has 146 valence electrons. The fourth-order valence-corrected chi connectivity index (χ4v) is 5.55. The van der Waals surface area contributed by atoms with Gasteiger partial charge in [0.15, 0.2) is 6.61 Å². The average Bonchev–Trinajstić information content (AvgIpc) is 2.62. The highest BCUT2D eigenvalue weighted by molar-refractivity contribution is 5.86. The van der Waals surface area contributed by atoms with Gasteiger partial charge in [0.25, 0.3) is 5.91 Å². The molecule has 0 aromatic carbocycles. The first-order valence-corrected chi connectivity index (χ1v) is 9.96. The van der Waals surface area contributed by atoms with Crippen LogP contribution in [0.3, 0.4) is 0 Å². The van der Waals surface area contributed by atoms with Crippen molar-refractivity contribution >= 4 is 17.8 Å². The maximum absolute atomic E-state index is 12.6. The standard InChI is InChI=1S/C20H31NO5/c1-4-11(2)18(20(24)25-3)21-16(22)10-26-19(23)17-14-6-12-5-13(8-14)9-15(17)7-12/h11-15,17-18H,4-10H2,1-3H3,(H,21,22)/t11-,12?,13?,14?,15?,17?,18+/m0/s1. The van der Waals surface area contributed by atoms with Gasteiger partial charge in [0.1, 0.15) is 6.04 Å². The van der Waals surface area contributed by atoms with E-state index >= 15 is 0 Å². The smallest absolute Gasteiger partial charge is 0.328 e. The van der Waals surface area contributed by atoms with Gasteiger partial charge < -0.3 is 14.8 Å². The number of methoxy groups -OCH3 is 1. The number of carbonyl (C=O) groups excluding carboxylic acids is 3. The highest BCUT2D eigenvalue weighted by Crippen LogP contribution is 2.56. The highest BCUT2D eigenvalue weighted by Gasteiger charge is 2.51. The van der Waals surface area contributed by atoms with Crippen LogP contribution < -0.4 is 5.32 Å². The number of hydrogen-bond acceptors (Lipinski definition) is 5. The molecule has 0 radical (unpaired) electrons. The molecule has 4 rings (SSSR count). The van der Waals surface area contributed by atoms with Crippen LogP contribution in [0.2, 0.25) is 0 Å². The molecule has 26 heavy (non-hydrogen) atoms. The van der Waals surface area contributed by atoms with Crippen LogP contribution in [-0.2, 0) is 23.9 Å². The zero-order chi connectivity index (χ0) is 18.8. The van der Waals surface area contributed by atoms with Gasteiger partial charge in [-0.25, -0.2) is 4.79 Å². The quantitative estimate of drug-likeness (QED) is 0.700. The molecule has 0 saturated heterocycles. The summed E-state index contributed by atoms with van der Waals surface area (Å²) in [5, 5.41) is 2.65. The van der Waals surface area contributed by atoms with Crippen LogP contribution in [0.4, 0.5) is 0 Å². The first-order valence-electron chi connectivity index (χ1n) is 9.96. The molecule has 0 heterocycles. The first kappa shape index (κ1) is 19.2. The number of rotatable bonds is 7. The van der Waals surface area contributed by atoms with Crippen LogP contribution >= 0.6 is 0 Å². The number of nitrogens with one attached hydrogen (secondary N) is 1. The molecular weight excluding hydrogens is 334 g/mol. The fraction of sp³-hybridized carbons (Fsp3) is 0.850. The Labute approximate surface area is 155 Å². The van der Waals surface area contributed by atoms with Gasteiger partial charge in [0.2, 0.25) is 0 Å². The third-order valence-corrected chi connectivity index (χ3v) is 6.83. The van der Waals surface area contributed by atoms with Gasteiger partial charge >= 0.3 is 11.9 Å². The number of esters is 2. The number of ether oxygens (including phenoxy) is 2. The highest BCUT2D eigenvalue weighted by atomic mass is 16.5. The van der Waals surface area contributed by atoms with E-state index in [9.17, 15) is 14.4 Å². The summed E-state index contributed by atoms with van der Waals surface area (Å²) in [6.45, 7) is 3.49. The van der Waals surface area contributed by atoms with E-state index in [2.05, 4.69) is 5.32 Å². The summed E-state index contributed by atoms with van der Waals surface area (Å²) in [6.07, 6.45) is 6.61. The summed E-state index contributed by atoms with van der Waals surface area (Å²) in [5.74, 6) is 1.22. The number of hydrogen-bond donors (Lipinski definition) is 1. The van der Waals surface area contributed by atoms with E-state index < -0.39 is 17.9 Å². The van der Waals surface area contributed by atoms with Crippen LogP contribution in [-0.4, -0.2) is 37.6 Å². The predicted octanol–water partition coefficient (Wildman–Crippen LogP) is 2.31. The zero-order valence-electron chi connectivity index (χ0n) is 16.0. The van der Waals surface area contributed by atoms with E-state index in [0.717, 1.165) is 43.9 Å². The molecule has 0 aromatic rings. The van der Waals surface area contributed by atoms with Crippen molar-refractivity contribution in [2.45, 2.75) is 58.4 Å². The maximum atomic E-state index is 12.6. The van der Waals surface area contributed by atoms with E-state index in [1.165, 1.54) is 13.5 Å². The Bertz CT molecular complexity index is 532. The summed E-state index contributed by atoms with van der Waals surface area (Å²) in [6, 6.07) is -0.711. The molecule has 4 bridgehead atoms. The maximum Gasteiger partial charge on any atom is 0.328 e. The van der Waals surface area contributed by atoms with Gasteiger partial charge in [-0.1, -0.05) is 20.3 Å². The summed E-state index contributed by atoms with van der Waals surface area (Å²) in [5.41, 5.74) is 0. The predicted molar refractivity (Wildman–Crippen MR) is 94.9 cm³/mol. The van der Waals surface area contributed by atoms with Crippen molar-refractivity contribution in [1.29, 1.82) is 0 Å². The van der Waals surface area contributed by atoms with Crippen molar-refractivity contribution in [1.82, 2.24) is 5.32 Å². The van der Waals surface area contributed by atoms with Crippen LogP contribution in [0.1, 0.15) is 52.4 Å². The Morgan fingerprint density at radius 1 is 1.04 bits per heavy atom. The topological polar surface area (TPSA) is 81.7 Å². The second kappa shape index (κ2) is 7.97. The minimum Gasteiger partial charge on any atom is -0.467 e. The lowest BCUT2D eigenvalue weighted by atomic mass is 9.52. The van der Waals surface area contributed by atoms with Crippen LogP contribution in [0.25, 0.3) is 0 Å². The Kier molecular flexibility index (Phi) is 5.88. The van der Waals surface area contributed by atoms with Crippen molar-refractivity contribution in [3.63, 3.8) is 0 Å². The first-order chi connectivity index (χ1) is 12.4. The Morgan fingerprint density at radius 2 is 1.62 bits per heavy atom. The lowest BCUT2D eigenvalue weighted by Gasteiger charge is -2.53. The average molecular weight is 365 g/mol. The molecule has 6 heteroatoms. The molecule has 0 aromatic heterocycles. The lowest BCUT2D eigenvalue weighted by molar-refractivity contribution is -0.165. The molecule has 1 amide bonds. The van der Waals surface area contributed by atoms with Crippen molar-refractivity contribution < 1.29 is 23.9 Å². The van der Waals surface area contributed by atoms with Gasteiger partial charge in [-0.05, 0) is 61.7 Å². The second-order valence-electron chi connectivity index (χ2n) is 8.52. The van der Waals surface area contributed by atoms with Crippen LogP contribution in [0.15, 0.2) is 0 Å². The Hall–Kier alpha value is -1.59. The van der Waals surface area contributed by atoms with Crippen molar-refractivity contribution in [3.8, 4) is 0 Å². The summed E-state index contributed by atoms with van der Waals surface area (Å²) >= 11 is 0. The summed E-state index contributed by atoms with van der Waals surface area (Å²) < 4.78 is 10.1.